The van der Waals surface area contributed by atoms with E-state index >= 15 is 0 Å². The molecule has 0 N–H and O–H groups in total. The van der Waals surface area contributed by atoms with Crippen LogP contribution in [0.4, 0.5) is 0 Å². The molecule has 1 nitrogen and oxygen atoms in total. The molecule has 20 heavy (non-hydrogen) atoms. The highest BCUT2D eigenvalue weighted by Gasteiger charge is 2.38. The van der Waals surface area contributed by atoms with Crippen molar-refractivity contribution in [2.24, 2.45) is 0 Å². The quantitative estimate of drug-likeness (QED) is 0.767. The van der Waals surface area contributed by atoms with Crippen molar-refractivity contribution < 1.29 is 0 Å². The number of nitrogens with zero attached hydrogens (tertiary/aromatic N) is 1. The molecule has 1 aliphatic carbocycles. The number of rotatable bonds is 2. The highest BCUT2D eigenvalue weighted by Crippen LogP contribution is 2.49. The molecule has 2 bridgehead atoms. The van der Waals surface area contributed by atoms with Crippen LogP contribution < -0.4 is 0 Å². The lowest BCUT2D eigenvalue weighted by Crippen LogP contribution is -2.31. The molecule has 4 rings (SSSR count). The molecule has 2 atom stereocenters. The standard InChI is InChI=1S/C18H18ClN/c19-15-6-7-16-14-8-9-20(18(10-14)17(16)11-15)12-13-4-2-1-3-5-13/h1-7,11,14,18H,8-10,12H2/t14-,18-/m1/s1. The fraction of sp³-hybridized carbons (Fsp3) is 0.333. The van der Waals surface area contributed by atoms with Gasteiger partial charge < -0.3 is 0 Å². The smallest absolute Gasteiger partial charge is 0.0409 e. The Kier molecular flexibility index (Phi) is 3.05. The van der Waals surface area contributed by atoms with Gasteiger partial charge in [-0.2, -0.15) is 0 Å². The van der Waals surface area contributed by atoms with E-state index in [1.54, 1.807) is 0 Å². The topological polar surface area (TPSA) is 3.24 Å². The van der Waals surface area contributed by atoms with Crippen LogP contribution in [0, 0.1) is 0 Å². The van der Waals surface area contributed by atoms with Gasteiger partial charge in [0, 0.05) is 17.6 Å². The predicted molar refractivity (Wildman–Crippen MR) is 83.0 cm³/mol. The Balaban J connectivity index is 1.65. The van der Waals surface area contributed by atoms with Crippen molar-refractivity contribution in [1.29, 1.82) is 0 Å². The van der Waals surface area contributed by atoms with Crippen LogP contribution in [0.5, 0.6) is 0 Å². The van der Waals surface area contributed by atoms with Gasteiger partial charge in [0.25, 0.3) is 0 Å². The molecule has 0 amide bonds. The van der Waals surface area contributed by atoms with Gasteiger partial charge in [0.1, 0.15) is 0 Å². The highest BCUT2D eigenvalue weighted by atomic mass is 35.5. The van der Waals surface area contributed by atoms with E-state index < -0.39 is 0 Å². The van der Waals surface area contributed by atoms with Crippen molar-refractivity contribution in [2.75, 3.05) is 6.54 Å². The summed E-state index contributed by atoms with van der Waals surface area (Å²) in [6.45, 7) is 2.24. The molecule has 102 valence electrons. The Morgan fingerprint density at radius 2 is 1.90 bits per heavy atom. The lowest BCUT2D eigenvalue weighted by atomic mass is 9.95. The normalized spacial score (nSPS) is 24.6. The van der Waals surface area contributed by atoms with Crippen LogP contribution in [0.25, 0.3) is 0 Å². The molecule has 0 aromatic heterocycles. The van der Waals surface area contributed by atoms with E-state index in [1.165, 1.54) is 36.1 Å². The zero-order valence-corrected chi connectivity index (χ0v) is 12.2. The van der Waals surface area contributed by atoms with Gasteiger partial charge in [-0.25, -0.2) is 0 Å². The summed E-state index contributed by atoms with van der Waals surface area (Å²) >= 11 is 6.20. The lowest BCUT2D eigenvalue weighted by Gasteiger charge is -2.33. The van der Waals surface area contributed by atoms with Crippen molar-refractivity contribution in [3.8, 4) is 0 Å². The van der Waals surface area contributed by atoms with E-state index in [0.717, 1.165) is 17.5 Å². The fourth-order valence-electron chi connectivity index (χ4n) is 3.83. The third-order valence-corrected chi connectivity index (χ3v) is 5.02. The maximum absolute atomic E-state index is 6.20. The zero-order valence-electron chi connectivity index (χ0n) is 11.4. The second-order valence-corrected chi connectivity index (χ2v) is 6.40. The minimum absolute atomic E-state index is 0.558. The van der Waals surface area contributed by atoms with Crippen molar-refractivity contribution in [1.82, 2.24) is 4.90 Å². The maximum Gasteiger partial charge on any atom is 0.0409 e. The van der Waals surface area contributed by atoms with Crippen LogP contribution in [0.15, 0.2) is 48.5 Å². The van der Waals surface area contributed by atoms with E-state index in [4.69, 9.17) is 11.6 Å². The summed E-state index contributed by atoms with van der Waals surface area (Å²) in [6, 6.07) is 17.8. The summed E-state index contributed by atoms with van der Waals surface area (Å²) in [7, 11) is 0. The second-order valence-electron chi connectivity index (χ2n) is 5.97. The van der Waals surface area contributed by atoms with Crippen molar-refractivity contribution in [2.45, 2.75) is 31.3 Å². The van der Waals surface area contributed by atoms with E-state index in [1.807, 2.05) is 6.07 Å². The highest BCUT2D eigenvalue weighted by molar-refractivity contribution is 6.30. The number of likely N-dealkylation sites (tertiary alicyclic amines) is 1. The first-order chi connectivity index (χ1) is 9.81. The number of piperidine rings is 1. The van der Waals surface area contributed by atoms with Crippen molar-refractivity contribution in [3.63, 3.8) is 0 Å². The number of halogens is 1. The van der Waals surface area contributed by atoms with Crippen LogP contribution in [-0.2, 0) is 6.54 Å². The first-order valence-corrected chi connectivity index (χ1v) is 7.76. The molecule has 2 aromatic carbocycles. The number of hydrogen-bond donors (Lipinski definition) is 0. The molecule has 2 aliphatic rings. The summed E-state index contributed by atoms with van der Waals surface area (Å²) < 4.78 is 0. The van der Waals surface area contributed by atoms with Crippen LogP contribution in [-0.4, -0.2) is 11.4 Å². The summed E-state index contributed by atoms with van der Waals surface area (Å²) in [5, 5.41) is 0.871. The number of fused-ring (bicyclic) bond motifs is 5. The lowest BCUT2D eigenvalue weighted by molar-refractivity contribution is 0.145. The molecule has 0 spiro atoms. The van der Waals surface area contributed by atoms with Crippen LogP contribution in [0.3, 0.4) is 0 Å². The molecule has 2 aromatic rings. The van der Waals surface area contributed by atoms with Gasteiger partial charge in [0.2, 0.25) is 0 Å². The molecule has 0 radical (unpaired) electrons. The van der Waals surface area contributed by atoms with E-state index in [-0.39, 0.29) is 0 Å². The van der Waals surface area contributed by atoms with Gasteiger partial charge in [-0.1, -0.05) is 48.0 Å². The van der Waals surface area contributed by atoms with Gasteiger partial charge in [-0.15, -0.1) is 0 Å². The molecule has 0 unspecified atom stereocenters. The molecule has 2 heteroatoms. The van der Waals surface area contributed by atoms with E-state index in [9.17, 15) is 0 Å². The van der Waals surface area contributed by atoms with Gasteiger partial charge in [0.15, 0.2) is 0 Å². The van der Waals surface area contributed by atoms with Gasteiger partial charge >= 0.3 is 0 Å². The van der Waals surface area contributed by atoms with Crippen LogP contribution in [0.2, 0.25) is 5.02 Å². The summed E-state index contributed by atoms with van der Waals surface area (Å²) in [5.41, 5.74) is 4.41. The SMILES string of the molecule is Clc1ccc2c(c1)[C@H]1C[C@H]2CCN1Cc1ccccc1. The van der Waals surface area contributed by atoms with Gasteiger partial charge in [-0.3, -0.25) is 4.90 Å². The Morgan fingerprint density at radius 1 is 1.05 bits per heavy atom. The Hall–Kier alpha value is -1.31. The molecule has 0 saturated carbocycles. The molecule has 1 aliphatic heterocycles. The fourth-order valence-corrected chi connectivity index (χ4v) is 4.01. The largest absolute Gasteiger partial charge is 0.292 e. The van der Waals surface area contributed by atoms with Gasteiger partial charge in [0.05, 0.1) is 0 Å². The summed E-state index contributed by atoms with van der Waals surface area (Å²) in [4.78, 5) is 2.62. The van der Waals surface area contributed by atoms with Gasteiger partial charge in [-0.05, 0) is 54.1 Å². The summed E-state index contributed by atoms with van der Waals surface area (Å²) in [5.74, 6) is 0.749. The van der Waals surface area contributed by atoms with Crippen LogP contribution >= 0.6 is 11.6 Å². The first-order valence-electron chi connectivity index (χ1n) is 7.38. The molecule has 1 heterocycles. The van der Waals surface area contributed by atoms with E-state index in [0.29, 0.717) is 6.04 Å². The molecule has 1 saturated heterocycles. The van der Waals surface area contributed by atoms with E-state index in [2.05, 4.69) is 47.4 Å². The molecular weight excluding hydrogens is 266 g/mol. The average molecular weight is 284 g/mol. The Morgan fingerprint density at radius 3 is 2.75 bits per heavy atom. The molecule has 1 fully saturated rings. The third-order valence-electron chi connectivity index (χ3n) is 4.79. The van der Waals surface area contributed by atoms with Crippen molar-refractivity contribution >= 4 is 11.6 Å². The van der Waals surface area contributed by atoms with Crippen molar-refractivity contribution in [3.05, 3.63) is 70.2 Å². The average Bonchev–Trinajstić information content (AvgIpc) is 2.77. The minimum atomic E-state index is 0.558. The summed E-state index contributed by atoms with van der Waals surface area (Å²) in [6.07, 6.45) is 2.54. The second kappa shape index (κ2) is 4.91. The third kappa shape index (κ3) is 2.06. The first kappa shape index (κ1) is 12.4. The predicted octanol–water partition coefficient (Wildman–Crippen LogP) is 4.77. The molecular formula is C18H18ClN. The minimum Gasteiger partial charge on any atom is -0.292 e. The number of benzene rings is 2. The maximum atomic E-state index is 6.20. The Bertz CT molecular complexity index is 623. The number of hydrogen-bond acceptors (Lipinski definition) is 1. The monoisotopic (exact) mass is 283 g/mol. The Labute approximate surface area is 125 Å². The van der Waals surface area contributed by atoms with Crippen LogP contribution in [0.1, 0.15) is 41.5 Å². The zero-order chi connectivity index (χ0) is 13.5.